The molecule has 0 unspecified atom stereocenters. The van der Waals surface area contributed by atoms with Gasteiger partial charge in [-0.1, -0.05) is 29.3 Å². The molecule has 0 radical (unpaired) electrons. The predicted octanol–water partition coefficient (Wildman–Crippen LogP) is 3.61. The highest BCUT2D eigenvalue weighted by atomic mass is 35.5. The van der Waals surface area contributed by atoms with Crippen molar-refractivity contribution < 1.29 is 4.39 Å². The monoisotopic (exact) mass is 312 g/mol. The zero-order chi connectivity index (χ0) is 14.3. The SMILES string of the molecule is O=c1cc(Cl)nc(C2CC2)n1Cc1ccc(Cl)cc1F. The van der Waals surface area contributed by atoms with E-state index in [1.807, 2.05) is 0 Å². The second kappa shape index (κ2) is 5.19. The molecule has 1 aromatic heterocycles. The standard InChI is InChI=1S/C14H11Cl2FN2O/c15-10-4-3-9(11(17)5-10)7-19-13(20)6-12(16)18-14(19)8-1-2-8/h3-6,8H,1-2,7H2. The summed E-state index contributed by atoms with van der Waals surface area (Å²) in [5.41, 5.74) is 0.142. The molecular formula is C14H11Cl2FN2O. The summed E-state index contributed by atoms with van der Waals surface area (Å²) in [4.78, 5) is 16.3. The Kier molecular flexibility index (Phi) is 3.52. The molecule has 0 atom stereocenters. The van der Waals surface area contributed by atoms with E-state index >= 15 is 0 Å². The van der Waals surface area contributed by atoms with Crippen LogP contribution in [0.1, 0.15) is 30.1 Å². The van der Waals surface area contributed by atoms with Gasteiger partial charge in [0.2, 0.25) is 0 Å². The van der Waals surface area contributed by atoms with Crippen LogP contribution < -0.4 is 5.56 Å². The first-order valence-electron chi connectivity index (χ1n) is 6.26. The molecule has 0 bridgehead atoms. The molecule has 3 rings (SSSR count). The predicted molar refractivity (Wildman–Crippen MR) is 76.0 cm³/mol. The molecule has 104 valence electrons. The zero-order valence-electron chi connectivity index (χ0n) is 10.4. The van der Waals surface area contributed by atoms with Crippen LogP contribution in [-0.4, -0.2) is 9.55 Å². The molecule has 0 amide bonds. The average Bonchev–Trinajstić information content (AvgIpc) is 3.19. The highest BCUT2D eigenvalue weighted by molar-refractivity contribution is 6.30. The lowest BCUT2D eigenvalue weighted by molar-refractivity contribution is 0.584. The quantitative estimate of drug-likeness (QED) is 0.811. The fourth-order valence-corrected chi connectivity index (χ4v) is 2.47. The summed E-state index contributed by atoms with van der Waals surface area (Å²) >= 11 is 11.6. The Morgan fingerprint density at radius 2 is 2.05 bits per heavy atom. The summed E-state index contributed by atoms with van der Waals surface area (Å²) in [5, 5.41) is 0.514. The minimum absolute atomic E-state index is 0.137. The lowest BCUT2D eigenvalue weighted by Gasteiger charge is -2.12. The lowest BCUT2D eigenvalue weighted by Crippen LogP contribution is -2.25. The van der Waals surface area contributed by atoms with E-state index in [2.05, 4.69) is 4.98 Å². The molecule has 3 nitrogen and oxygen atoms in total. The van der Waals surface area contributed by atoms with E-state index < -0.39 is 5.82 Å². The molecule has 1 aliphatic rings. The number of benzene rings is 1. The first-order valence-corrected chi connectivity index (χ1v) is 7.01. The van der Waals surface area contributed by atoms with Crippen molar-refractivity contribution in [3.8, 4) is 0 Å². The van der Waals surface area contributed by atoms with Gasteiger partial charge in [0.25, 0.3) is 5.56 Å². The van der Waals surface area contributed by atoms with Crippen LogP contribution in [0.25, 0.3) is 0 Å². The largest absolute Gasteiger partial charge is 0.292 e. The number of halogens is 3. The number of nitrogens with zero attached hydrogens (tertiary/aromatic N) is 2. The van der Waals surface area contributed by atoms with E-state index in [1.54, 1.807) is 12.1 Å². The van der Waals surface area contributed by atoms with Crippen molar-refractivity contribution in [2.75, 3.05) is 0 Å². The lowest BCUT2D eigenvalue weighted by atomic mass is 10.2. The number of hydrogen-bond donors (Lipinski definition) is 0. The third-order valence-corrected chi connectivity index (χ3v) is 3.72. The van der Waals surface area contributed by atoms with Crippen molar-refractivity contribution in [1.29, 1.82) is 0 Å². The van der Waals surface area contributed by atoms with E-state index in [9.17, 15) is 9.18 Å². The molecule has 1 aliphatic carbocycles. The van der Waals surface area contributed by atoms with Crippen LogP contribution in [0.5, 0.6) is 0 Å². The van der Waals surface area contributed by atoms with E-state index in [1.165, 1.54) is 16.7 Å². The van der Waals surface area contributed by atoms with Gasteiger partial charge in [0.15, 0.2) is 0 Å². The molecule has 0 saturated heterocycles. The molecule has 1 aromatic carbocycles. The Labute approximate surface area is 125 Å². The molecular weight excluding hydrogens is 302 g/mol. The molecule has 2 aromatic rings. The maximum Gasteiger partial charge on any atom is 0.255 e. The van der Waals surface area contributed by atoms with E-state index in [0.717, 1.165) is 12.8 Å². The number of rotatable bonds is 3. The van der Waals surface area contributed by atoms with Gasteiger partial charge >= 0.3 is 0 Å². The van der Waals surface area contributed by atoms with Crippen molar-refractivity contribution in [3.05, 3.63) is 62.0 Å². The molecule has 0 aliphatic heterocycles. The minimum atomic E-state index is -0.430. The van der Waals surface area contributed by atoms with Gasteiger partial charge in [-0.05, 0) is 25.0 Å². The second-order valence-electron chi connectivity index (χ2n) is 4.87. The van der Waals surface area contributed by atoms with E-state index in [-0.39, 0.29) is 23.2 Å². The molecule has 1 fully saturated rings. The third-order valence-electron chi connectivity index (χ3n) is 3.29. The van der Waals surface area contributed by atoms with Crippen LogP contribution in [-0.2, 0) is 6.54 Å². The Hall–Kier alpha value is -1.39. The summed E-state index contributed by atoms with van der Waals surface area (Å²) in [5.74, 6) is 0.453. The highest BCUT2D eigenvalue weighted by Crippen LogP contribution is 2.39. The van der Waals surface area contributed by atoms with Crippen molar-refractivity contribution >= 4 is 23.2 Å². The van der Waals surface area contributed by atoms with Gasteiger partial charge in [-0.2, -0.15) is 0 Å². The maximum absolute atomic E-state index is 13.8. The third kappa shape index (κ3) is 2.72. The molecule has 1 saturated carbocycles. The van der Waals surface area contributed by atoms with Gasteiger partial charge in [0, 0.05) is 22.6 Å². The molecule has 6 heteroatoms. The van der Waals surface area contributed by atoms with Crippen molar-refractivity contribution in [2.45, 2.75) is 25.3 Å². The summed E-state index contributed by atoms with van der Waals surface area (Å²) in [6.07, 6.45) is 1.96. The Morgan fingerprint density at radius 1 is 1.30 bits per heavy atom. The smallest absolute Gasteiger partial charge is 0.255 e. The van der Waals surface area contributed by atoms with Crippen LogP contribution in [0.3, 0.4) is 0 Å². The summed E-state index contributed by atoms with van der Waals surface area (Å²) in [6, 6.07) is 5.67. The Bertz CT molecular complexity index is 726. The van der Waals surface area contributed by atoms with Crippen LogP contribution in [0.4, 0.5) is 4.39 Å². The van der Waals surface area contributed by atoms with Gasteiger partial charge in [-0.15, -0.1) is 0 Å². The average molecular weight is 313 g/mol. The number of hydrogen-bond acceptors (Lipinski definition) is 2. The minimum Gasteiger partial charge on any atom is -0.292 e. The molecule has 1 heterocycles. The molecule has 0 N–H and O–H groups in total. The van der Waals surface area contributed by atoms with Gasteiger partial charge in [0.05, 0.1) is 6.54 Å². The van der Waals surface area contributed by atoms with Gasteiger partial charge < -0.3 is 0 Å². The molecule has 20 heavy (non-hydrogen) atoms. The first-order chi connectivity index (χ1) is 9.54. The van der Waals surface area contributed by atoms with Crippen molar-refractivity contribution in [3.63, 3.8) is 0 Å². The van der Waals surface area contributed by atoms with Gasteiger partial charge in [-0.3, -0.25) is 9.36 Å². The van der Waals surface area contributed by atoms with Crippen LogP contribution in [0.2, 0.25) is 10.2 Å². The zero-order valence-corrected chi connectivity index (χ0v) is 12.0. The second-order valence-corrected chi connectivity index (χ2v) is 5.70. The Balaban J connectivity index is 2.04. The van der Waals surface area contributed by atoms with Crippen molar-refractivity contribution in [1.82, 2.24) is 9.55 Å². The van der Waals surface area contributed by atoms with Crippen LogP contribution in [0.15, 0.2) is 29.1 Å². The van der Waals surface area contributed by atoms with Gasteiger partial charge in [-0.25, -0.2) is 9.37 Å². The fourth-order valence-electron chi connectivity index (χ4n) is 2.13. The topological polar surface area (TPSA) is 34.9 Å². The van der Waals surface area contributed by atoms with E-state index in [4.69, 9.17) is 23.2 Å². The fraction of sp³-hybridized carbons (Fsp3) is 0.286. The summed E-state index contributed by atoms with van der Waals surface area (Å²) in [7, 11) is 0. The molecule has 0 spiro atoms. The van der Waals surface area contributed by atoms with Crippen LogP contribution in [0, 0.1) is 5.82 Å². The highest BCUT2D eigenvalue weighted by Gasteiger charge is 2.29. The Morgan fingerprint density at radius 3 is 2.70 bits per heavy atom. The maximum atomic E-state index is 13.8. The first kappa shape index (κ1) is 13.6. The normalized spacial score (nSPS) is 14.6. The van der Waals surface area contributed by atoms with E-state index in [0.29, 0.717) is 16.4 Å². The van der Waals surface area contributed by atoms with Gasteiger partial charge in [0.1, 0.15) is 16.8 Å². The summed E-state index contributed by atoms with van der Waals surface area (Å²) in [6.45, 7) is 0.137. The van der Waals surface area contributed by atoms with Crippen molar-refractivity contribution in [2.24, 2.45) is 0 Å². The van der Waals surface area contributed by atoms with Crippen LogP contribution >= 0.6 is 23.2 Å². The summed E-state index contributed by atoms with van der Waals surface area (Å²) < 4.78 is 15.3. The number of aromatic nitrogens is 2.